The number of carbonyl (C=O) groups is 1. The van der Waals surface area contributed by atoms with Gasteiger partial charge >= 0.3 is 5.97 Å². The lowest BCUT2D eigenvalue weighted by molar-refractivity contribution is -0.137. The predicted molar refractivity (Wildman–Crippen MR) is 152 cm³/mol. The number of aliphatic carboxylic acids is 1. The Morgan fingerprint density at radius 2 is 1.95 bits per heavy atom. The van der Waals surface area contributed by atoms with Crippen molar-refractivity contribution in [3.63, 3.8) is 0 Å². The van der Waals surface area contributed by atoms with E-state index in [9.17, 15) is 4.79 Å². The van der Waals surface area contributed by atoms with E-state index in [0.29, 0.717) is 0 Å². The van der Waals surface area contributed by atoms with Crippen molar-refractivity contribution in [3.05, 3.63) is 69.9 Å². The van der Waals surface area contributed by atoms with Gasteiger partial charge in [0.05, 0.1) is 0 Å². The van der Waals surface area contributed by atoms with Crippen LogP contribution in [0.3, 0.4) is 0 Å². The number of unbranched alkanes of at least 4 members (excludes halogenated alkanes) is 2. The summed E-state index contributed by atoms with van der Waals surface area (Å²) in [5.74, 6) is 0.445. The Hall–Kier alpha value is -3.21. The average molecular weight is 511 g/mol. The number of hydrogen-bond donors (Lipinski definition) is 1. The third-order valence-corrected chi connectivity index (χ3v) is 9.62. The Morgan fingerprint density at radius 1 is 1.11 bits per heavy atom. The minimum atomic E-state index is -0.698. The molecule has 38 heavy (non-hydrogen) atoms. The molecular formula is C33H38N2O3. The highest BCUT2D eigenvalue weighted by Crippen LogP contribution is 2.53. The Balaban J connectivity index is 1.30. The maximum atomic E-state index is 11.0. The molecule has 2 bridgehead atoms. The van der Waals surface area contributed by atoms with Crippen LogP contribution in [0.4, 0.5) is 11.4 Å². The van der Waals surface area contributed by atoms with Crippen molar-refractivity contribution >= 4 is 23.4 Å². The van der Waals surface area contributed by atoms with Gasteiger partial charge in [0.2, 0.25) is 0 Å². The van der Waals surface area contributed by atoms with Gasteiger partial charge in [-0.25, -0.2) is 0 Å². The van der Waals surface area contributed by atoms with Crippen LogP contribution in [0, 0.1) is 0 Å². The monoisotopic (exact) mass is 510 g/mol. The molecule has 2 atom stereocenters. The molecule has 5 aliphatic rings. The van der Waals surface area contributed by atoms with Gasteiger partial charge in [0.1, 0.15) is 11.9 Å². The number of aryl methyl sites for hydroxylation is 1. The number of benzene rings is 2. The summed E-state index contributed by atoms with van der Waals surface area (Å²) in [5.41, 5.74) is 11.0. The molecule has 0 radical (unpaired) electrons. The second-order valence-corrected chi connectivity index (χ2v) is 12.0. The van der Waals surface area contributed by atoms with Gasteiger partial charge in [-0.05, 0) is 79.0 Å². The molecule has 2 aromatic rings. The summed E-state index contributed by atoms with van der Waals surface area (Å²) >= 11 is 0. The number of hydrogen-bond acceptors (Lipinski definition) is 4. The van der Waals surface area contributed by atoms with Gasteiger partial charge in [-0.3, -0.25) is 4.79 Å². The molecule has 198 valence electrons. The molecule has 0 saturated heterocycles. The third-order valence-electron chi connectivity index (χ3n) is 9.62. The van der Waals surface area contributed by atoms with Gasteiger partial charge in [0, 0.05) is 66.6 Å². The summed E-state index contributed by atoms with van der Waals surface area (Å²) in [7, 11) is 0. The Labute approximate surface area is 225 Å². The van der Waals surface area contributed by atoms with Crippen molar-refractivity contribution in [3.8, 4) is 5.75 Å². The fraction of sp³-hybridized carbons (Fsp3) is 0.485. The minimum Gasteiger partial charge on any atom is -0.485 e. The Morgan fingerprint density at radius 3 is 2.82 bits per heavy atom. The lowest BCUT2D eigenvalue weighted by Crippen LogP contribution is -2.36. The van der Waals surface area contributed by atoms with Crippen LogP contribution in [0.5, 0.6) is 5.75 Å². The number of carboxylic acids is 1. The zero-order valence-corrected chi connectivity index (χ0v) is 22.5. The van der Waals surface area contributed by atoms with E-state index in [1.54, 1.807) is 0 Å². The van der Waals surface area contributed by atoms with Crippen molar-refractivity contribution in [1.82, 2.24) is 0 Å². The summed E-state index contributed by atoms with van der Waals surface area (Å²) in [4.78, 5) is 16.1. The smallest absolute Gasteiger partial charge is 0.303 e. The summed E-state index contributed by atoms with van der Waals surface area (Å²) in [6.45, 7) is 5.70. The summed E-state index contributed by atoms with van der Waals surface area (Å²) in [6.07, 6.45) is 14.6. The SMILES string of the molecule is CC1(CCCCCC(=O)O)C2=CN(CCC3Oc4c(cc5c6c4CCCN6CCC5)C=C23)c2ccccc21. The van der Waals surface area contributed by atoms with Gasteiger partial charge in [-0.1, -0.05) is 38.0 Å². The van der Waals surface area contributed by atoms with Crippen molar-refractivity contribution in [2.24, 2.45) is 0 Å². The number of nitrogens with zero attached hydrogens (tertiary/aromatic N) is 2. The van der Waals surface area contributed by atoms with Gasteiger partial charge < -0.3 is 19.6 Å². The molecule has 5 heterocycles. The maximum Gasteiger partial charge on any atom is 0.303 e. The van der Waals surface area contributed by atoms with Gasteiger partial charge in [0.15, 0.2) is 0 Å². The Bertz CT molecular complexity index is 1360. The van der Waals surface area contributed by atoms with E-state index < -0.39 is 5.97 Å². The van der Waals surface area contributed by atoms with Gasteiger partial charge in [0.25, 0.3) is 0 Å². The topological polar surface area (TPSA) is 53.0 Å². The van der Waals surface area contributed by atoms with Crippen LogP contribution in [0.1, 0.15) is 80.5 Å². The molecule has 0 fully saturated rings. The van der Waals surface area contributed by atoms with Crippen LogP contribution in [0.15, 0.2) is 47.7 Å². The van der Waals surface area contributed by atoms with Crippen molar-refractivity contribution in [2.45, 2.75) is 82.7 Å². The van der Waals surface area contributed by atoms with Crippen LogP contribution in [-0.4, -0.2) is 36.8 Å². The van der Waals surface area contributed by atoms with Gasteiger partial charge in [-0.2, -0.15) is 0 Å². The highest BCUT2D eigenvalue weighted by molar-refractivity contribution is 5.80. The largest absolute Gasteiger partial charge is 0.485 e. The molecule has 0 saturated carbocycles. The number of carboxylic acid groups (broad SMARTS) is 1. The molecule has 5 aliphatic heterocycles. The minimum absolute atomic E-state index is 0.0627. The van der Waals surface area contributed by atoms with Crippen LogP contribution in [0.2, 0.25) is 0 Å². The first-order chi connectivity index (χ1) is 18.5. The fourth-order valence-electron chi connectivity index (χ4n) is 7.77. The average Bonchev–Trinajstić information content (AvgIpc) is 3.10. The van der Waals surface area contributed by atoms with E-state index in [-0.39, 0.29) is 17.9 Å². The molecule has 1 N–H and O–H groups in total. The number of para-hydroxylation sites is 1. The second-order valence-electron chi connectivity index (χ2n) is 12.0. The molecule has 0 amide bonds. The van der Waals surface area contributed by atoms with E-state index in [0.717, 1.165) is 57.2 Å². The fourth-order valence-corrected chi connectivity index (χ4v) is 7.77. The van der Waals surface area contributed by atoms with E-state index in [4.69, 9.17) is 9.84 Å². The molecule has 2 aromatic carbocycles. The number of rotatable bonds is 6. The molecular weight excluding hydrogens is 472 g/mol. The maximum absolute atomic E-state index is 11.0. The molecule has 2 unspecified atom stereocenters. The summed E-state index contributed by atoms with van der Waals surface area (Å²) in [5, 5.41) is 9.09. The predicted octanol–water partition coefficient (Wildman–Crippen LogP) is 6.63. The van der Waals surface area contributed by atoms with Crippen LogP contribution in [0.25, 0.3) is 6.08 Å². The van der Waals surface area contributed by atoms with E-state index in [2.05, 4.69) is 59.3 Å². The lowest BCUT2D eigenvalue weighted by Gasteiger charge is -2.43. The summed E-state index contributed by atoms with van der Waals surface area (Å²) in [6, 6.07) is 11.3. The number of fused-ring (bicyclic) bond motifs is 7. The lowest BCUT2D eigenvalue weighted by atomic mass is 9.67. The van der Waals surface area contributed by atoms with Crippen LogP contribution < -0.4 is 14.5 Å². The normalized spacial score (nSPS) is 24.6. The van der Waals surface area contributed by atoms with Crippen LogP contribution in [-0.2, 0) is 23.1 Å². The van der Waals surface area contributed by atoms with Crippen molar-refractivity contribution in [2.75, 3.05) is 29.4 Å². The first-order valence-corrected chi connectivity index (χ1v) is 14.7. The van der Waals surface area contributed by atoms with E-state index in [1.807, 2.05) is 0 Å². The summed E-state index contributed by atoms with van der Waals surface area (Å²) < 4.78 is 7.03. The highest BCUT2D eigenvalue weighted by atomic mass is 16.5. The Kier molecular flexibility index (Phi) is 5.79. The molecule has 7 rings (SSSR count). The molecule has 0 aliphatic carbocycles. The highest BCUT2D eigenvalue weighted by Gasteiger charge is 2.44. The molecule has 0 aromatic heterocycles. The molecule has 5 heteroatoms. The molecule has 0 spiro atoms. The number of ether oxygens (including phenoxy) is 1. The van der Waals surface area contributed by atoms with Gasteiger partial charge in [-0.15, -0.1) is 0 Å². The number of anilines is 2. The zero-order chi connectivity index (χ0) is 25.9. The standard InChI is InChI=1S/C33H38N2O3/c1-33(15-6-2-3-13-30(36)37)26-11-4-5-12-28(26)35-18-14-29-25(27(33)21-35)20-23-19-22-9-7-16-34-17-8-10-24(31(22)34)32(23)38-29/h4-5,11-12,19-21,29H,2-3,6-10,13-18H2,1H3,(H,36,37). The van der Waals surface area contributed by atoms with E-state index in [1.165, 1.54) is 70.7 Å². The van der Waals surface area contributed by atoms with Crippen LogP contribution >= 0.6 is 0 Å². The van der Waals surface area contributed by atoms with Crippen molar-refractivity contribution in [1.29, 1.82) is 0 Å². The van der Waals surface area contributed by atoms with Crippen molar-refractivity contribution < 1.29 is 14.6 Å². The van der Waals surface area contributed by atoms with E-state index >= 15 is 0 Å². The first-order valence-electron chi connectivity index (χ1n) is 14.7. The zero-order valence-electron chi connectivity index (χ0n) is 22.5. The second kappa shape index (κ2) is 9.21. The quantitative estimate of drug-likeness (QED) is 0.442. The first kappa shape index (κ1) is 23.9. The third kappa shape index (κ3) is 3.77. The molecule has 5 nitrogen and oxygen atoms in total.